The fourth-order valence-electron chi connectivity index (χ4n) is 3.45. The first kappa shape index (κ1) is 27.1. The highest BCUT2D eigenvalue weighted by Crippen LogP contribution is 2.27. The summed E-state index contributed by atoms with van der Waals surface area (Å²) in [5.41, 5.74) is 2.00. The summed E-state index contributed by atoms with van der Waals surface area (Å²) in [5, 5.41) is 11.1. The number of hydrogen-bond donors (Lipinski definition) is 2. The highest BCUT2D eigenvalue weighted by molar-refractivity contribution is 6.30. The van der Waals surface area contributed by atoms with Crippen molar-refractivity contribution in [2.75, 3.05) is 30.8 Å². The average Bonchev–Trinajstić information content (AvgIpc) is 3.27. The molecule has 0 aliphatic rings. The van der Waals surface area contributed by atoms with E-state index in [1.54, 1.807) is 36.1 Å². The molecule has 3 amide bonds. The van der Waals surface area contributed by atoms with Crippen LogP contribution in [0.25, 0.3) is 5.69 Å². The Kier molecular flexibility index (Phi) is 8.98. The molecular weight excluding hydrogens is 478 g/mol. The van der Waals surface area contributed by atoms with Crippen LogP contribution in [-0.2, 0) is 10.2 Å². The Morgan fingerprint density at radius 2 is 1.72 bits per heavy atom. The number of amides is 3. The van der Waals surface area contributed by atoms with E-state index in [1.165, 1.54) is 4.90 Å². The first-order valence-electron chi connectivity index (χ1n) is 12.0. The maximum absolute atomic E-state index is 13.1. The molecule has 9 heteroatoms. The maximum atomic E-state index is 13.1. The molecule has 0 aliphatic carbocycles. The molecule has 0 bridgehead atoms. The van der Waals surface area contributed by atoms with Crippen LogP contribution >= 0.6 is 11.6 Å². The Morgan fingerprint density at radius 1 is 1.06 bits per heavy atom. The Hall–Kier alpha value is -3.52. The van der Waals surface area contributed by atoms with E-state index < -0.39 is 0 Å². The van der Waals surface area contributed by atoms with Crippen LogP contribution in [0.1, 0.15) is 46.2 Å². The van der Waals surface area contributed by atoms with Crippen molar-refractivity contribution in [3.05, 3.63) is 65.3 Å². The minimum absolute atomic E-state index is 0.0991. The molecule has 0 atom stereocenters. The summed E-state index contributed by atoms with van der Waals surface area (Å²) in [7, 11) is 1.61. The fourth-order valence-corrected chi connectivity index (χ4v) is 3.58. The number of carbonyl (C=O) groups is 2. The number of hydrogen-bond acceptors (Lipinski definition) is 4. The van der Waals surface area contributed by atoms with Gasteiger partial charge in [-0.05, 0) is 55.0 Å². The monoisotopic (exact) mass is 511 g/mol. The second-order valence-corrected chi connectivity index (χ2v) is 9.97. The molecule has 1 aromatic heterocycles. The van der Waals surface area contributed by atoms with Crippen molar-refractivity contribution in [2.24, 2.45) is 0 Å². The van der Waals surface area contributed by atoms with Gasteiger partial charge in [0.25, 0.3) is 0 Å². The fraction of sp³-hybridized carbons (Fsp3) is 0.370. The number of rotatable bonds is 9. The third-order valence-electron chi connectivity index (χ3n) is 5.56. The lowest BCUT2D eigenvalue weighted by molar-refractivity contribution is -0.116. The largest absolute Gasteiger partial charge is 0.497 e. The average molecular weight is 512 g/mol. The zero-order valence-corrected chi connectivity index (χ0v) is 22.2. The van der Waals surface area contributed by atoms with E-state index in [9.17, 15) is 9.59 Å². The smallest absolute Gasteiger partial charge is 0.322 e. The highest BCUT2D eigenvalue weighted by atomic mass is 35.5. The van der Waals surface area contributed by atoms with E-state index in [4.69, 9.17) is 21.4 Å². The van der Waals surface area contributed by atoms with Crippen LogP contribution in [0.2, 0.25) is 5.02 Å². The van der Waals surface area contributed by atoms with Gasteiger partial charge in [0, 0.05) is 28.7 Å². The van der Waals surface area contributed by atoms with Gasteiger partial charge in [0.1, 0.15) is 18.1 Å². The first-order chi connectivity index (χ1) is 17.1. The number of anilines is 2. The summed E-state index contributed by atoms with van der Waals surface area (Å²) in [6, 6.07) is 15.8. The molecule has 36 heavy (non-hydrogen) atoms. The number of carbonyl (C=O) groups excluding carboxylic acids is 2. The quantitative estimate of drug-likeness (QED) is 0.363. The van der Waals surface area contributed by atoms with Gasteiger partial charge in [-0.3, -0.25) is 4.79 Å². The van der Waals surface area contributed by atoms with Crippen LogP contribution in [-0.4, -0.2) is 46.8 Å². The van der Waals surface area contributed by atoms with Crippen molar-refractivity contribution in [1.29, 1.82) is 0 Å². The molecule has 0 saturated heterocycles. The Labute approximate surface area is 217 Å². The molecular formula is C27H34ClN5O3. The molecule has 0 aliphatic heterocycles. The molecule has 1 heterocycles. The lowest BCUT2D eigenvalue weighted by Gasteiger charge is -2.22. The number of nitrogens with one attached hydrogen (secondary N) is 2. The van der Waals surface area contributed by atoms with Crippen molar-refractivity contribution in [3.8, 4) is 11.4 Å². The molecule has 8 nitrogen and oxygen atoms in total. The van der Waals surface area contributed by atoms with Crippen LogP contribution in [0.5, 0.6) is 5.75 Å². The summed E-state index contributed by atoms with van der Waals surface area (Å²) in [4.78, 5) is 27.6. The lowest BCUT2D eigenvalue weighted by atomic mass is 9.92. The van der Waals surface area contributed by atoms with Crippen molar-refractivity contribution < 1.29 is 14.3 Å². The zero-order chi connectivity index (χ0) is 26.3. The maximum Gasteiger partial charge on any atom is 0.322 e. The third kappa shape index (κ3) is 7.24. The standard InChI is InChI=1S/C27H34ClN5O3/c1-6-7-16-32(26(35)29-20-10-8-19(28)9-11-20)18-25(34)30-24-17-23(27(2,3)4)31-33(24)21-12-14-22(36-5)15-13-21/h8-15,17H,6-7,16,18H2,1-5H3,(H,29,35)(H,30,34). The molecule has 2 aromatic carbocycles. The van der Waals surface area contributed by atoms with Crippen molar-refractivity contribution in [3.63, 3.8) is 0 Å². The van der Waals surface area contributed by atoms with Gasteiger partial charge >= 0.3 is 6.03 Å². The van der Waals surface area contributed by atoms with Gasteiger partial charge in [0.2, 0.25) is 5.91 Å². The third-order valence-corrected chi connectivity index (χ3v) is 5.81. The number of aromatic nitrogens is 2. The minimum atomic E-state index is -0.347. The number of nitrogens with zero attached hydrogens (tertiary/aromatic N) is 3. The SMILES string of the molecule is CCCCN(CC(=O)Nc1cc(C(C)(C)C)nn1-c1ccc(OC)cc1)C(=O)Nc1ccc(Cl)cc1. The van der Waals surface area contributed by atoms with E-state index >= 15 is 0 Å². The summed E-state index contributed by atoms with van der Waals surface area (Å²) >= 11 is 5.94. The number of methoxy groups -OCH3 is 1. The van der Waals surface area contributed by atoms with Gasteiger partial charge in [0.05, 0.1) is 18.5 Å². The minimum Gasteiger partial charge on any atom is -0.497 e. The van der Waals surface area contributed by atoms with Gasteiger partial charge < -0.3 is 20.3 Å². The van der Waals surface area contributed by atoms with Crippen LogP contribution < -0.4 is 15.4 Å². The van der Waals surface area contributed by atoms with Crippen LogP contribution in [0.4, 0.5) is 16.3 Å². The summed E-state index contributed by atoms with van der Waals surface area (Å²) in [5.74, 6) is 0.946. The second-order valence-electron chi connectivity index (χ2n) is 9.53. The Balaban J connectivity index is 1.80. The second kappa shape index (κ2) is 11.9. The molecule has 0 saturated carbocycles. The van der Waals surface area contributed by atoms with Crippen molar-refractivity contribution >= 4 is 35.0 Å². The van der Waals surface area contributed by atoms with Gasteiger partial charge in [-0.15, -0.1) is 0 Å². The molecule has 0 spiro atoms. The molecule has 0 radical (unpaired) electrons. The Bertz CT molecular complexity index is 1170. The van der Waals surface area contributed by atoms with Crippen LogP contribution in [0.3, 0.4) is 0 Å². The molecule has 0 unspecified atom stereocenters. The van der Waals surface area contributed by atoms with Gasteiger partial charge in [0.15, 0.2) is 0 Å². The molecule has 3 aromatic rings. The zero-order valence-electron chi connectivity index (χ0n) is 21.5. The number of urea groups is 1. The van der Waals surface area contributed by atoms with Crippen molar-refractivity contribution in [1.82, 2.24) is 14.7 Å². The first-order valence-corrected chi connectivity index (χ1v) is 12.3. The van der Waals surface area contributed by atoms with E-state index in [1.807, 2.05) is 37.3 Å². The van der Waals surface area contributed by atoms with E-state index in [-0.39, 0.29) is 23.9 Å². The molecule has 2 N–H and O–H groups in total. The van der Waals surface area contributed by atoms with Crippen molar-refractivity contribution in [2.45, 2.75) is 46.0 Å². The Morgan fingerprint density at radius 3 is 2.31 bits per heavy atom. The predicted molar refractivity (Wildman–Crippen MR) is 144 cm³/mol. The number of ether oxygens (including phenoxy) is 1. The summed E-state index contributed by atoms with van der Waals surface area (Å²) < 4.78 is 6.95. The van der Waals surface area contributed by atoms with Gasteiger partial charge in [-0.1, -0.05) is 45.7 Å². The number of unbranched alkanes of at least 4 members (excludes halogenated alkanes) is 1. The van der Waals surface area contributed by atoms with E-state index in [0.29, 0.717) is 23.1 Å². The normalized spacial score (nSPS) is 11.2. The van der Waals surface area contributed by atoms with E-state index in [2.05, 4.69) is 31.4 Å². The predicted octanol–water partition coefficient (Wildman–Crippen LogP) is 6.10. The van der Waals surface area contributed by atoms with Crippen LogP contribution in [0, 0.1) is 0 Å². The number of benzene rings is 2. The van der Waals surface area contributed by atoms with Gasteiger partial charge in [-0.25, -0.2) is 9.48 Å². The molecule has 3 rings (SSSR count). The summed E-state index contributed by atoms with van der Waals surface area (Å²) in [6.45, 7) is 8.58. The molecule has 0 fully saturated rings. The highest BCUT2D eigenvalue weighted by Gasteiger charge is 2.23. The van der Waals surface area contributed by atoms with E-state index in [0.717, 1.165) is 30.0 Å². The van der Waals surface area contributed by atoms with Crippen LogP contribution in [0.15, 0.2) is 54.6 Å². The van der Waals surface area contributed by atoms with Gasteiger partial charge in [-0.2, -0.15) is 5.10 Å². The summed E-state index contributed by atoms with van der Waals surface area (Å²) in [6.07, 6.45) is 1.67. The lowest BCUT2D eigenvalue weighted by Crippen LogP contribution is -2.41. The topological polar surface area (TPSA) is 88.5 Å². The molecule has 192 valence electrons. The number of halogens is 1.